The summed E-state index contributed by atoms with van der Waals surface area (Å²) >= 11 is 5.87. The van der Waals surface area contributed by atoms with Crippen molar-refractivity contribution in [2.45, 2.75) is 19.8 Å². The number of rotatable bonds is 1. The lowest BCUT2D eigenvalue weighted by Gasteiger charge is -2.22. The fraction of sp³-hybridized carbons (Fsp3) is 0.417. The molecule has 2 nitrogen and oxygen atoms in total. The summed E-state index contributed by atoms with van der Waals surface area (Å²) in [5.74, 6) is 1.11. The first kappa shape index (κ1) is 10.5. The fourth-order valence-corrected chi connectivity index (χ4v) is 1.93. The molecule has 0 unspecified atom stereocenters. The average molecular weight is 223 g/mol. The Morgan fingerprint density at radius 2 is 1.93 bits per heavy atom. The SMILES string of the molecule is CC1=NCCCCN1c1ccc(Cl)cc1. The van der Waals surface area contributed by atoms with Crippen LogP contribution >= 0.6 is 11.6 Å². The van der Waals surface area contributed by atoms with Gasteiger partial charge < -0.3 is 4.90 Å². The minimum atomic E-state index is 0.781. The summed E-state index contributed by atoms with van der Waals surface area (Å²) in [6, 6.07) is 7.95. The van der Waals surface area contributed by atoms with Crippen LogP contribution in [-0.2, 0) is 0 Å². The number of nitrogens with zero attached hydrogens (tertiary/aromatic N) is 2. The summed E-state index contributed by atoms with van der Waals surface area (Å²) in [4.78, 5) is 6.77. The lowest BCUT2D eigenvalue weighted by Crippen LogP contribution is -2.28. The molecule has 0 radical (unpaired) electrons. The maximum absolute atomic E-state index is 5.87. The standard InChI is InChI=1S/C12H15ClN2/c1-10-14-8-2-3-9-15(10)12-6-4-11(13)5-7-12/h4-7H,2-3,8-9H2,1H3. The first-order chi connectivity index (χ1) is 7.27. The van der Waals surface area contributed by atoms with Gasteiger partial charge in [0.2, 0.25) is 0 Å². The Morgan fingerprint density at radius 3 is 2.67 bits per heavy atom. The van der Waals surface area contributed by atoms with E-state index < -0.39 is 0 Å². The molecule has 0 amide bonds. The van der Waals surface area contributed by atoms with Gasteiger partial charge in [0.1, 0.15) is 5.84 Å². The Kier molecular flexibility index (Phi) is 3.27. The van der Waals surface area contributed by atoms with Crippen molar-refractivity contribution >= 4 is 23.1 Å². The van der Waals surface area contributed by atoms with Gasteiger partial charge in [-0.3, -0.25) is 4.99 Å². The average Bonchev–Trinajstić information content (AvgIpc) is 2.44. The second-order valence-corrected chi connectivity index (χ2v) is 4.20. The molecule has 1 aliphatic rings. The zero-order valence-corrected chi connectivity index (χ0v) is 9.67. The predicted molar refractivity (Wildman–Crippen MR) is 66.0 cm³/mol. The number of hydrogen-bond acceptors (Lipinski definition) is 2. The number of aliphatic imine (C=N–C) groups is 1. The third-order valence-electron chi connectivity index (χ3n) is 2.66. The van der Waals surface area contributed by atoms with Crippen LogP contribution in [0, 0.1) is 0 Å². The highest BCUT2D eigenvalue weighted by Gasteiger charge is 2.11. The molecule has 0 N–H and O–H groups in total. The van der Waals surface area contributed by atoms with Gasteiger partial charge >= 0.3 is 0 Å². The molecule has 3 heteroatoms. The summed E-state index contributed by atoms with van der Waals surface area (Å²) in [7, 11) is 0. The third kappa shape index (κ3) is 2.51. The van der Waals surface area contributed by atoms with Gasteiger partial charge in [0.25, 0.3) is 0 Å². The van der Waals surface area contributed by atoms with Gasteiger partial charge in [-0.05, 0) is 44.0 Å². The Labute approximate surface area is 95.6 Å². The van der Waals surface area contributed by atoms with E-state index in [2.05, 4.69) is 16.8 Å². The van der Waals surface area contributed by atoms with Crippen molar-refractivity contribution in [1.29, 1.82) is 0 Å². The van der Waals surface area contributed by atoms with E-state index in [-0.39, 0.29) is 0 Å². The molecule has 1 aromatic rings. The van der Waals surface area contributed by atoms with Crippen LogP contribution in [0.1, 0.15) is 19.8 Å². The molecule has 0 spiro atoms. The van der Waals surface area contributed by atoms with E-state index >= 15 is 0 Å². The molecule has 0 aliphatic carbocycles. The highest BCUT2D eigenvalue weighted by molar-refractivity contribution is 6.30. The van der Waals surface area contributed by atoms with Crippen LogP contribution < -0.4 is 4.90 Å². The van der Waals surface area contributed by atoms with E-state index in [1.165, 1.54) is 18.5 Å². The second-order valence-electron chi connectivity index (χ2n) is 3.76. The van der Waals surface area contributed by atoms with Crippen molar-refractivity contribution in [3.63, 3.8) is 0 Å². The van der Waals surface area contributed by atoms with Gasteiger partial charge in [-0.2, -0.15) is 0 Å². The monoisotopic (exact) mass is 222 g/mol. The van der Waals surface area contributed by atoms with Crippen LogP contribution in [0.3, 0.4) is 0 Å². The Bertz CT molecular complexity index is 356. The van der Waals surface area contributed by atoms with Gasteiger partial charge in [-0.25, -0.2) is 0 Å². The van der Waals surface area contributed by atoms with Crippen molar-refractivity contribution in [3.05, 3.63) is 29.3 Å². The zero-order valence-electron chi connectivity index (χ0n) is 8.91. The van der Waals surface area contributed by atoms with Crippen LogP contribution in [0.4, 0.5) is 5.69 Å². The summed E-state index contributed by atoms with van der Waals surface area (Å²) in [5.41, 5.74) is 1.18. The molecule has 1 aromatic carbocycles. The molecule has 0 saturated heterocycles. The zero-order chi connectivity index (χ0) is 10.7. The minimum absolute atomic E-state index is 0.781. The summed E-state index contributed by atoms with van der Waals surface area (Å²) in [6.07, 6.45) is 2.38. The number of amidine groups is 1. The number of benzene rings is 1. The molecule has 0 bridgehead atoms. The molecule has 0 aromatic heterocycles. The van der Waals surface area contributed by atoms with E-state index in [1.54, 1.807) is 0 Å². The van der Waals surface area contributed by atoms with E-state index in [9.17, 15) is 0 Å². The van der Waals surface area contributed by atoms with Crippen molar-refractivity contribution in [1.82, 2.24) is 0 Å². The Balaban J connectivity index is 2.24. The van der Waals surface area contributed by atoms with Gasteiger partial charge in [0, 0.05) is 23.8 Å². The van der Waals surface area contributed by atoms with Crippen molar-refractivity contribution in [3.8, 4) is 0 Å². The minimum Gasteiger partial charge on any atom is -0.330 e. The number of hydrogen-bond donors (Lipinski definition) is 0. The molecule has 0 atom stereocenters. The van der Waals surface area contributed by atoms with E-state index in [0.717, 1.165) is 23.9 Å². The van der Waals surface area contributed by atoms with Crippen LogP contribution in [0.15, 0.2) is 29.3 Å². The molecular formula is C12H15ClN2. The molecule has 80 valence electrons. The topological polar surface area (TPSA) is 15.6 Å². The highest BCUT2D eigenvalue weighted by atomic mass is 35.5. The first-order valence-corrected chi connectivity index (χ1v) is 5.69. The maximum atomic E-state index is 5.87. The Morgan fingerprint density at radius 1 is 1.20 bits per heavy atom. The van der Waals surface area contributed by atoms with Gasteiger partial charge in [-0.1, -0.05) is 11.6 Å². The largest absolute Gasteiger partial charge is 0.330 e. The van der Waals surface area contributed by atoms with E-state index in [1.807, 2.05) is 24.3 Å². The molecular weight excluding hydrogens is 208 g/mol. The molecule has 15 heavy (non-hydrogen) atoms. The van der Waals surface area contributed by atoms with Crippen molar-refractivity contribution in [2.24, 2.45) is 4.99 Å². The second kappa shape index (κ2) is 4.67. The van der Waals surface area contributed by atoms with Crippen LogP contribution in [0.25, 0.3) is 0 Å². The summed E-state index contributed by atoms with van der Waals surface area (Å²) in [5, 5.41) is 0.781. The maximum Gasteiger partial charge on any atom is 0.100 e. The Hall–Kier alpha value is -1.02. The van der Waals surface area contributed by atoms with Crippen molar-refractivity contribution < 1.29 is 0 Å². The van der Waals surface area contributed by atoms with E-state index in [0.29, 0.717) is 0 Å². The van der Waals surface area contributed by atoms with E-state index in [4.69, 9.17) is 11.6 Å². The molecule has 1 aliphatic heterocycles. The highest BCUT2D eigenvalue weighted by Crippen LogP contribution is 2.20. The summed E-state index contributed by atoms with van der Waals surface area (Å²) in [6.45, 7) is 4.08. The van der Waals surface area contributed by atoms with Gasteiger partial charge in [0.05, 0.1) is 0 Å². The fourth-order valence-electron chi connectivity index (χ4n) is 1.81. The quantitative estimate of drug-likeness (QED) is 0.712. The molecule has 0 saturated carbocycles. The van der Waals surface area contributed by atoms with Crippen LogP contribution in [0.2, 0.25) is 5.02 Å². The van der Waals surface area contributed by atoms with Crippen LogP contribution in [-0.4, -0.2) is 18.9 Å². The third-order valence-corrected chi connectivity index (χ3v) is 2.91. The normalized spacial score (nSPS) is 17.2. The molecule has 0 fully saturated rings. The van der Waals surface area contributed by atoms with Crippen LogP contribution in [0.5, 0.6) is 0 Å². The summed E-state index contributed by atoms with van der Waals surface area (Å²) < 4.78 is 0. The van der Waals surface area contributed by atoms with Gasteiger partial charge in [0.15, 0.2) is 0 Å². The first-order valence-electron chi connectivity index (χ1n) is 5.31. The lowest BCUT2D eigenvalue weighted by atomic mass is 10.2. The number of anilines is 1. The van der Waals surface area contributed by atoms with Gasteiger partial charge in [-0.15, -0.1) is 0 Å². The molecule has 1 heterocycles. The van der Waals surface area contributed by atoms with Crippen molar-refractivity contribution in [2.75, 3.05) is 18.0 Å². The number of halogens is 1. The smallest absolute Gasteiger partial charge is 0.100 e. The lowest BCUT2D eigenvalue weighted by molar-refractivity contribution is 0.775. The molecule has 2 rings (SSSR count). The predicted octanol–water partition coefficient (Wildman–Crippen LogP) is 3.36.